The van der Waals surface area contributed by atoms with Crippen molar-refractivity contribution in [1.29, 1.82) is 0 Å². The number of carbonyl (C=O) groups excluding carboxylic acids is 1. The summed E-state index contributed by atoms with van der Waals surface area (Å²) in [5, 5.41) is 15.1. The van der Waals surface area contributed by atoms with Gasteiger partial charge in [-0.25, -0.2) is 5.43 Å². The third-order valence-corrected chi connectivity index (χ3v) is 3.10. The zero-order valence-corrected chi connectivity index (χ0v) is 12.8. The molecule has 0 heterocycles. The van der Waals surface area contributed by atoms with Crippen LogP contribution in [0.4, 0.5) is 5.69 Å². The monoisotopic (exact) mass is 333 g/mol. The zero-order valence-electron chi connectivity index (χ0n) is 12.0. The quantitative estimate of drug-likeness (QED) is 0.517. The van der Waals surface area contributed by atoms with Crippen LogP contribution in [0.2, 0.25) is 5.02 Å². The molecule has 0 saturated heterocycles. The minimum absolute atomic E-state index is 0.148. The molecule has 1 N–H and O–H groups in total. The average Bonchev–Trinajstić information content (AvgIpc) is 2.54. The molecule has 0 atom stereocenters. The number of nitrogens with one attached hydrogen (secondary N) is 1. The predicted octanol–water partition coefficient (Wildman–Crippen LogP) is 3.02. The van der Waals surface area contributed by atoms with Gasteiger partial charge in [0.25, 0.3) is 5.91 Å². The van der Waals surface area contributed by atoms with Gasteiger partial charge in [0, 0.05) is 22.2 Å². The first-order chi connectivity index (χ1) is 11.0. The largest absolute Gasteiger partial charge is 0.490 e. The average molecular weight is 334 g/mol. The minimum atomic E-state index is -0.555. The van der Waals surface area contributed by atoms with E-state index in [-0.39, 0.29) is 11.4 Å². The van der Waals surface area contributed by atoms with Gasteiger partial charge in [-0.1, -0.05) is 17.7 Å². The Bertz CT molecular complexity index is 777. The molecule has 118 valence electrons. The molecule has 8 heteroatoms. The molecule has 2 rings (SSSR count). The lowest BCUT2D eigenvalue weighted by Crippen LogP contribution is -2.17. The summed E-state index contributed by atoms with van der Waals surface area (Å²) in [6, 6.07) is 10.7. The Kier molecular flexibility index (Phi) is 5.27. The summed E-state index contributed by atoms with van der Waals surface area (Å²) in [5.74, 6) is -0.290. The SMILES string of the molecule is COc1ccc(/C=N/NC(=O)c2cccc(Cl)c2)cc1[N+](=O)[O-]. The van der Waals surface area contributed by atoms with Crippen molar-refractivity contribution in [2.24, 2.45) is 5.10 Å². The lowest BCUT2D eigenvalue weighted by atomic mass is 10.2. The fourth-order valence-corrected chi connectivity index (χ4v) is 1.98. The maximum Gasteiger partial charge on any atom is 0.311 e. The predicted molar refractivity (Wildman–Crippen MR) is 86.2 cm³/mol. The standard InChI is InChI=1S/C15H12ClN3O4/c1-23-14-6-5-10(7-13(14)19(21)22)9-17-18-15(20)11-3-2-4-12(16)8-11/h2-9H,1H3,(H,18,20)/b17-9+. The van der Waals surface area contributed by atoms with Crippen LogP contribution in [0.3, 0.4) is 0 Å². The van der Waals surface area contributed by atoms with Crippen LogP contribution in [0.5, 0.6) is 5.75 Å². The molecule has 0 unspecified atom stereocenters. The van der Waals surface area contributed by atoms with Crippen molar-refractivity contribution < 1.29 is 14.5 Å². The van der Waals surface area contributed by atoms with E-state index in [9.17, 15) is 14.9 Å². The number of carbonyl (C=O) groups is 1. The molecule has 0 radical (unpaired) electrons. The molecular weight excluding hydrogens is 322 g/mol. The summed E-state index contributed by atoms with van der Waals surface area (Å²) < 4.78 is 4.90. The van der Waals surface area contributed by atoms with Crippen LogP contribution < -0.4 is 10.2 Å². The topological polar surface area (TPSA) is 93.8 Å². The first-order valence-electron chi connectivity index (χ1n) is 6.42. The highest BCUT2D eigenvalue weighted by molar-refractivity contribution is 6.30. The van der Waals surface area contributed by atoms with E-state index in [1.165, 1.54) is 31.5 Å². The van der Waals surface area contributed by atoms with Crippen LogP contribution in [0.1, 0.15) is 15.9 Å². The molecule has 0 aliphatic heterocycles. The number of nitro groups is 1. The summed E-state index contributed by atoms with van der Waals surface area (Å²) >= 11 is 5.80. The van der Waals surface area contributed by atoms with Crippen molar-refractivity contribution in [3.05, 3.63) is 68.7 Å². The minimum Gasteiger partial charge on any atom is -0.490 e. The fraction of sp³-hybridized carbons (Fsp3) is 0.0667. The van der Waals surface area contributed by atoms with Gasteiger partial charge >= 0.3 is 5.69 Å². The number of amides is 1. The summed E-state index contributed by atoms with van der Waals surface area (Å²) in [6.45, 7) is 0. The molecular formula is C15H12ClN3O4. The Balaban J connectivity index is 2.10. The molecule has 23 heavy (non-hydrogen) atoms. The van der Waals surface area contributed by atoms with Crippen LogP contribution in [0.25, 0.3) is 0 Å². The first kappa shape index (κ1) is 16.4. The van der Waals surface area contributed by atoms with Crippen LogP contribution in [-0.4, -0.2) is 24.2 Å². The van der Waals surface area contributed by atoms with Crippen molar-refractivity contribution in [3.8, 4) is 5.75 Å². The Labute approximate surface area is 136 Å². The van der Waals surface area contributed by atoms with E-state index >= 15 is 0 Å². The molecule has 0 saturated carbocycles. The number of rotatable bonds is 5. The molecule has 0 fully saturated rings. The number of hydrogen-bond donors (Lipinski definition) is 1. The summed E-state index contributed by atoms with van der Waals surface area (Å²) in [4.78, 5) is 22.2. The van der Waals surface area contributed by atoms with Gasteiger partial charge in [-0.3, -0.25) is 14.9 Å². The second-order valence-electron chi connectivity index (χ2n) is 4.40. The van der Waals surface area contributed by atoms with Gasteiger partial charge in [-0.2, -0.15) is 5.10 Å². The smallest absolute Gasteiger partial charge is 0.311 e. The number of halogens is 1. The third-order valence-electron chi connectivity index (χ3n) is 2.87. The van der Waals surface area contributed by atoms with Crippen LogP contribution in [-0.2, 0) is 0 Å². The number of ether oxygens (including phenoxy) is 1. The molecule has 0 spiro atoms. The van der Waals surface area contributed by atoms with E-state index in [1.807, 2.05) is 0 Å². The summed E-state index contributed by atoms with van der Waals surface area (Å²) in [7, 11) is 1.35. The normalized spacial score (nSPS) is 10.5. The molecule has 2 aromatic rings. The van der Waals surface area contributed by atoms with Crippen molar-refractivity contribution in [1.82, 2.24) is 5.43 Å². The number of hydrogen-bond acceptors (Lipinski definition) is 5. The van der Waals surface area contributed by atoms with E-state index in [2.05, 4.69) is 10.5 Å². The molecule has 7 nitrogen and oxygen atoms in total. The maximum absolute atomic E-state index is 11.9. The third kappa shape index (κ3) is 4.27. The van der Waals surface area contributed by atoms with Crippen molar-refractivity contribution in [2.45, 2.75) is 0 Å². The van der Waals surface area contributed by atoms with Gasteiger partial charge in [0.05, 0.1) is 18.2 Å². The first-order valence-corrected chi connectivity index (χ1v) is 6.80. The molecule has 0 bridgehead atoms. The van der Waals surface area contributed by atoms with Crippen LogP contribution in [0.15, 0.2) is 47.6 Å². The van der Waals surface area contributed by atoms with Crippen molar-refractivity contribution >= 4 is 29.4 Å². The maximum atomic E-state index is 11.9. The van der Waals surface area contributed by atoms with Gasteiger partial charge < -0.3 is 4.74 Å². The Morgan fingerprint density at radius 3 is 2.78 bits per heavy atom. The molecule has 0 aromatic heterocycles. The zero-order chi connectivity index (χ0) is 16.8. The number of hydrazone groups is 1. The summed E-state index contributed by atoms with van der Waals surface area (Å²) in [6.07, 6.45) is 1.30. The highest BCUT2D eigenvalue weighted by Gasteiger charge is 2.14. The van der Waals surface area contributed by atoms with E-state index in [0.29, 0.717) is 16.1 Å². The molecule has 2 aromatic carbocycles. The Hall–Kier alpha value is -2.93. The second kappa shape index (κ2) is 7.37. The van der Waals surface area contributed by atoms with Crippen molar-refractivity contribution in [3.63, 3.8) is 0 Å². The second-order valence-corrected chi connectivity index (χ2v) is 4.83. The number of nitrogens with zero attached hydrogens (tertiary/aromatic N) is 2. The van der Waals surface area contributed by atoms with Crippen molar-refractivity contribution in [2.75, 3.05) is 7.11 Å². The van der Waals surface area contributed by atoms with Crippen LogP contribution in [0, 0.1) is 10.1 Å². The fourth-order valence-electron chi connectivity index (χ4n) is 1.79. The number of nitro benzene ring substituents is 1. The van der Waals surface area contributed by atoms with Gasteiger partial charge in [0.15, 0.2) is 5.75 Å². The Morgan fingerprint density at radius 2 is 2.13 bits per heavy atom. The number of methoxy groups -OCH3 is 1. The van der Waals surface area contributed by atoms with E-state index < -0.39 is 10.8 Å². The molecule has 0 aliphatic carbocycles. The van der Waals surface area contributed by atoms with E-state index in [1.54, 1.807) is 24.3 Å². The molecule has 1 amide bonds. The lowest BCUT2D eigenvalue weighted by molar-refractivity contribution is -0.385. The molecule has 0 aliphatic rings. The lowest BCUT2D eigenvalue weighted by Gasteiger charge is -2.02. The summed E-state index contributed by atoms with van der Waals surface area (Å²) in [5.41, 5.74) is 2.94. The van der Waals surface area contributed by atoms with Crippen LogP contribution >= 0.6 is 11.6 Å². The van der Waals surface area contributed by atoms with Gasteiger partial charge in [-0.15, -0.1) is 0 Å². The van der Waals surface area contributed by atoms with Gasteiger partial charge in [-0.05, 0) is 30.3 Å². The highest BCUT2D eigenvalue weighted by Crippen LogP contribution is 2.26. The highest BCUT2D eigenvalue weighted by atomic mass is 35.5. The number of benzene rings is 2. The van der Waals surface area contributed by atoms with E-state index in [0.717, 1.165) is 0 Å². The Morgan fingerprint density at radius 1 is 1.35 bits per heavy atom. The van der Waals surface area contributed by atoms with E-state index in [4.69, 9.17) is 16.3 Å². The van der Waals surface area contributed by atoms with Gasteiger partial charge in [0.2, 0.25) is 0 Å². The van der Waals surface area contributed by atoms with Gasteiger partial charge in [0.1, 0.15) is 0 Å².